The van der Waals surface area contributed by atoms with Gasteiger partial charge in [-0.15, -0.1) is 24.8 Å². The van der Waals surface area contributed by atoms with Crippen molar-refractivity contribution in [3.8, 4) is 5.75 Å². The highest BCUT2D eigenvalue weighted by Crippen LogP contribution is 2.25. The third kappa shape index (κ3) is 7.04. The van der Waals surface area contributed by atoms with Gasteiger partial charge in [0.05, 0.1) is 12.2 Å². The normalized spacial score (nSPS) is 13.7. The molecule has 30 heavy (non-hydrogen) atoms. The second-order valence-electron chi connectivity index (χ2n) is 7.11. The summed E-state index contributed by atoms with van der Waals surface area (Å²) >= 11 is 0. The lowest BCUT2D eigenvalue weighted by atomic mass is 9.93. The monoisotopic (exact) mass is 454 g/mol. The summed E-state index contributed by atoms with van der Waals surface area (Å²) in [5.74, 6) is 2.17. The molecule has 1 saturated heterocycles. The molecule has 1 fully saturated rings. The number of halogens is 2. The van der Waals surface area contributed by atoms with Crippen molar-refractivity contribution in [3.63, 3.8) is 0 Å². The van der Waals surface area contributed by atoms with E-state index < -0.39 is 0 Å². The predicted molar refractivity (Wildman–Crippen MR) is 127 cm³/mol. The molecule has 6 nitrogen and oxygen atoms in total. The van der Waals surface area contributed by atoms with E-state index in [1.54, 1.807) is 6.20 Å². The maximum Gasteiger partial charge on any atom is 0.257 e. The van der Waals surface area contributed by atoms with Gasteiger partial charge in [0, 0.05) is 25.0 Å². The summed E-state index contributed by atoms with van der Waals surface area (Å²) in [6, 6.07) is 11.3. The third-order valence-corrected chi connectivity index (χ3v) is 5.17. The molecule has 1 aromatic carbocycles. The van der Waals surface area contributed by atoms with Gasteiger partial charge in [0.15, 0.2) is 0 Å². The Bertz CT molecular complexity index is 766. The molecule has 0 unspecified atom stereocenters. The highest BCUT2D eigenvalue weighted by molar-refractivity contribution is 5.99. The minimum absolute atomic E-state index is 0. The van der Waals surface area contributed by atoms with E-state index in [-0.39, 0.29) is 30.7 Å². The number of anilines is 2. The molecule has 0 aliphatic carbocycles. The fourth-order valence-corrected chi connectivity index (χ4v) is 3.56. The lowest BCUT2D eigenvalue weighted by Gasteiger charge is -2.32. The van der Waals surface area contributed by atoms with Crippen LogP contribution in [0.2, 0.25) is 0 Å². The first-order valence-corrected chi connectivity index (χ1v) is 10.1. The van der Waals surface area contributed by atoms with Gasteiger partial charge in [0.25, 0.3) is 5.91 Å². The van der Waals surface area contributed by atoms with Gasteiger partial charge in [0.2, 0.25) is 0 Å². The first kappa shape index (κ1) is 26.0. The molecule has 8 heteroatoms. The minimum atomic E-state index is 0. The molecular formula is C22H32Cl2N4O2. The number of pyridine rings is 1. The van der Waals surface area contributed by atoms with Crippen molar-refractivity contribution in [2.24, 2.45) is 5.92 Å². The molecule has 2 N–H and O–H groups in total. The number of hydrogen-bond acceptors (Lipinski definition) is 5. The summed E-state index contributed by atoms with van der Waals surface area (Å²) in [6.07, 6.45) is 5.01. The SMILES string of the molecule is CCOc1ccc(Nc2ncccc2C(=O)N2CCC(CCNC)CC2)cc1.Cl.Cl. The second-order valence-corrected chi connectivity index (χ2v) is 7.11. The molecule has 1 aliphatic rings. The number of hydrogen-bond donors (Lipinski definition) is 2. The maximum absolute atomic E-state index is 13.1. The van der Waals surface area contributed by atoms with E-state index in [0.29, 0.717) is 23.9 Å². The molecular weight excluding hydrogens is 423 g/mol. The van der Waals surface area contributed by atoms with Crippen LogP contribution < -0.4 is 15.4 Å². The summed E-state index contributed by atoms with van der Waals surface area (Å²) in [5.41, 5.74) is 1.49. The lowest BCUT2D eigenvalue weighted by Crippen LogP contribution is -2.39. The average molecular weight is 455 g/mol. The Balaban J connectivity index is 0.00000225. The molecule has 2 heterocycles. The van der Waals surface area contributed by atoms with E-state index >= 15 is 0 Å². The van der Waals surface area contributed by atoms with Gasteiger partial charge in [-0.25, -0.2) is 4.98 Å². The number of piperidine rings is 1. The Kier molecular flexibility index (Phi) is 11.5. The number of likely N-dealkylation sites (tertiary alicyclic amines) is 1. The maximum atomic E-state index is 13.1. The van der Waals surface area contributed by atoms with Gasteiger partial charge in [-0.2, -0.15) is 0 Å². The van der Waals surface area contributed by atoms with Gasteiger partial charge in [-0.3, -0.25) is 4.79 Å². The standard InChI is InChI=1S/C22H30N4O2.2ClH/c1-3-28-19-8-6-18(7-9-19)25-21-20(5-4-13-24-21)22(27)26-15-11-17(12-16-26)10-14-23-2;;/h4-9,13,17,23H,3,10-12,14-16H2,1-2H3,(H,24,25);2*1H. The van der Waals surface area contributed by atoms with Crippen molar-refractivity contribution in [2.75, 3.05) is 38.6 Å². The Morgan fingerprint density at radius 1 is 1.17 bits per heavy atom. The van der Waals surface area contributed by atoms with Crippen LogP contribution in [0, 0.1) is 5.92 Å². The fourth-order valence-electron chi connectivity index (χ4n) is 3.56. The first-order valence-electron chi connectivity index (χ1n) is 10.1. The van der Waals surface area contributed by atoms with Crippen LogP contribution in [0.3, 0.4) is 0 Å². The quantitative estimate of drug-likeness (QED) is 0.613. The summed E-state index contributed by atoms with van der Waals surface area (Å²) in [7, 11) is 1.99. The molecule has 0 radical (unpaired) electrons. The zero-order chi connectivity index (χ0) is 19.8. The Morgan fingerprint density at radius 2 is 1.87 bits per heavy atom. The molecule has 0 saturated carbocycles. The molecule has 2 aromatic rings. The summed E-state index contributed by atoms with van der Waals surface area (Å²) in [6.45, 7) is 5.26. The van der Waals surface area contributed by atoms with Crippen LogP contribution in [0.5, 0.6) is 5.75 Å². The van der Waals surface area contributed by atoms with Gasteiger partial charge in [-0.1, -0.05) is 0 Å². The van der Waals surface area contributed by atoms with Crippen molar-refractivity contribution in [3.05, 3.63) is 48.2 Å². The number of carbonyl (C=O) groups is 1. The van der Waals surface area contributed by atoms with Crippen LogP contribution in [-0.4, -0.2) is 49.1 Å². The molecule has 3 rings (SSSR count). The van der Waals surface area contributed by atoms with Crippen molar-refractivity contribution in [2.45, 2.75) is 26.2 Å². The Morgan fingerprint density at radius 3 is 2.50 bits per heavy atom. The molecule has 0 bridgehead atoms. The van der Waals surface area contributed by atoms with Crippen LogP contribution in [0.1, 0.15) is 36.5 Å². The number of nitrogens with one attached hydrogen (secondary N) is 2. The number of rotatable bonds is 8. The van der Waals surface area contributed by atoms with Gasteiger partial charge in [-0.05, 0) is 82.1 Å². The van der Waals surface area contributed by atoms with E-state index in [0.717, 1.165) is 43.9 Å². The minimum Gasteiger partial charge on any atom is -0.494 e. The topological polar surface area (TPSA) is 66.5 Å². The van der Waals surface area contributed by atoms with E-state index in [2.05, 4.69) is 15.6 Å². The van der Waals surface area contributed by atoms with Gasteiger partial charge >= 0.3 is 0 Å². The summed E-state index contributed by atoms with van der Waals surface area (Å²) < 4.78 is 5.48. The molecule has 1 aliphatic heterocycles. The van der Waals surface area contributed by atoms with Gasteiger partial charge < -0.3 is 20.3 Å². The van der Waals surface area contributed by atoms with Gasteiger partial charge in [0.1, 0.15) is 11.6 Å². The third-order valence-electron chi connectivity index (χ3n) is 5.17. The molecule has 1 aromatic heterocycles. The highest BCUT2D eigenvalue weighted by Gasteiger charge is 2.25. The van der Waals surface area contributed by atoms with Crippen molar-refractivity contribution >= 4 is 42.2 Å². The van der Waals surface area contributed by atoms with Crippen molar-refractivity contribution in [1.82, 2.24) is 15.2 Å². The molecule has 1 amide bonds. The lowest BCUT2D eigenvalue weighted by molar-refractivity contribution is 0.0688. The van der Waals surface area contributed by atoms with Crippen molar-refractivity contribution < 1.29 is 9.53 Å². The first-order chi connectivity index (χ1) is 13.7. The second kappa shape index (κ2) is 13.3. The fraction of sp³-hybridized carbons (Fsp3) is 0.455. The molecule has 0 spiro atoms. The smallest absolute Gasteiger partial charge is 0.257 e. The number of aromatic nitrogens is 1. The number of benzene rings is 1. The highest BCUT2D eigenvalue weighted by atomic mass is 35.5. The number of ether oxygens (including phenoxy) is 1. The van der Waals surface area contributed by atoms with Crippen LogP contribution in [0.15, 0.2) is 42.6 Å². The summed E-state index contributed by atoms with van der Waals surface area (Å²) in [4.78, 5) is 19.4. The predicted octanol–water partition coefficient (Wildman–Crippen LogP) is 4.53. The van der Waals surface area contributed by atoms with E-state index in [1.165, 1.54) is 6.42 Å². The Hall–Kier alpha value is -2.02. The molecule has 166 valence electrons. The zero-order valence-electron chi connectivity index (χ0n) is 17.6. The van der Waals surface area contributed by atoms with E-state index in [4.69, 9.17) is 4.74 Å². The van der Waals surface area contributed by atoms with Crippen LogP contribution in [-0.2, 0) is 0 Å². The Labute approximate surface area is 191 Å². The molecule has 0 atom stereocenters. The number of nitrogens with zero attached hydrogens (tertiary/aromatic N) is 2. The zero-order valence-corrected chi connectivity index (χ0v) is 19.2. The number of amides is 1. The van der Waals surface area contributed by atoms with Crippen LogP contribution >= 0.6 is 24.8 Å². The largest absolute Gasteiger partial charge is 0.494 e. The number of carbonyl (C=O) groups excluding carboxylic acids is 1. The average Bonchev–Trinajstić information content (AvgIpc) is 2.74. The van der Waals surface area contributed by atoms with Crippen molar-refractivity contribution in [1.29, 1.82) is 0 Å². The van der Waals surface area contributed by atoms with Crippen LogP contribution in [0.25, 0.3) is 0 Å². The summed E-state index contributed by atoms with van der Waals surface area (Å²) in [5, 5.41) is 6.49. The van der Waals surface area contributed by atoms with E-state index in [1.807, 2.05) is 55.3 Å². The van der Waals surface area contributed by atoms with Crippen LogP contribution in [0.4, 0.5) is 11.5 Å². The van der Waals surface area contributed by atoms with E-state index in [9.17, 15) is 4.79 Å².